The van der Waals surface area contributed by atoms with Crippen LogP contribution < -0.4 is 5.32 Å². The lowest BCUT2D eigenvalue weighted by molar-refractivity contribution is -0.137. The summed E-state index contributed by atoms with van der Waals surface area (Å²) in [7, 11) is 0. The smallest absolute Gasteiger partial charge is 0.391 e. The zero-order valence-corrected chi connectivity index (χ0v) is 10.8. The largest absolute Gasteiger partial charge is 0.417 e. The van der Waals surface area contributed by atoms with E-state index < -0.39 is 35.4 Å². The van der Waals surface area contributed by atoms with E-state index in [-0.39, 0.29) is 0 Å². The highest BCUT2D eigenvalue weighted by Crippen LogP contribution is 2.32. The number of carbonyl (C=O) groups excluding carboxylic acids is 1. The highest BCUT2D eigenvalue weighted by molar-refractivity contribution is 5.96. The van der Waals surface area contributed by atoms with Crippen molar-refractivity contribution in [3.8, 4) is 0 Å². The first-order chi connectivity index (χ1) is 9.39. The summed E-state index contributed by atoms with van der Waals surface area (Å²) in [4.78, 5) is 12.0. The van der Waals surface area contributed by atoms with Crippen molar-refractivity contribution < 1.29 is 23.1 Å². The number of hydrogen-bond donors (Lipinski definition) is 2. The first-order valence-electron chi connectivity index (χ1n) is 6.55. The molecule has 1 aliphatic rings. The summed E-state index contributed by atoms with van der Waals surface area (Å²) in [6.45, 7) is 0. The molecule has 0 heterocycles. The van der Waals surface area contributed by atoms with Crippen LogP contribution in [0, 0.1) is 0 Å². The molecule has 110 valence electrons. The molecule has 2 atom stereocenters. The molecule has 1 aromatic rings. The summed E-state index contributed by atoms with van der Waals surface area (Å²) in [6.07, 6.45) is -2.40. The number of nitrogens with one attached hydrogen (secondary N) is 1. The standard InChI is InChI=1S/C14H16F3NO2/c15-14(16,17)10-6-2-1-5-9(10)13(20)18-11-7-3-4-8-12(11)19/h1-2,5-6,11-12,19H,3-4,7-8H2,(H,18,20)/t11-,12-/m1/s1. The van der Waals surface area contributed by atoms with Gasteiger partial charge in [0.05, 0.1) is 23.3 Å². The topological polar surface area (TPSA) is 49.3 Å². The number of aliphatic hydroxyl groups is 1. The van der Waals surface area contributed by atoms with Gasteiger partial charge in [-0.25, -0.2) is 0 Å². The molecule has 1 amide bonds. The molecule has 2 N–H and O–H groups in total. The second-order valence-electron chi connectivity index (χ2n) is 4.98. The highest BCUT2D eigenvalue weighted by Gasteiger charge is 2.35. The Bertz CT molecular complexity index is 488. The summed E-state index contributed by atoms with van der Waals surface area (Å²) >= 11 is 0. The van der Waals surface area contributed by atoms with Crippen LogP contribution >= 0.6 is 0 Å². The van der Waals surface area contributed by atoms with Gasteiger partial charge in [-0.1, -0.05) is 25.0 Å². The average Bonchev–Trinajstić information content (AvgIpc) is 2.40. The quantitative estimate of drug-likeness (QED) is 0.878. The monoisotopic (exact) mass is 287 g/mol. The predicted octanol–water partition coefficient (Wildman–Crippen LogP) is 2.74. The highest BCUT2D eigenvalue weighted by atomic mass is 19.4. The Morgan fingerprint density at radius 1 is 1.20 bits per heavy atom. The van der Waals surface area contributed by atoms with Crippen molar-refractivity contribution in [3.63, 3.8) is 0 Å². The fourth-order valence-electron chi connectivity index (χ4n) is 2.45. The zero-order chi connectivity index (χ0) is 14.8. The second-order valence-corrected chi connectivity index (χ2v) is 4.98. The van der Waals surface area contributed by atoms with Crippen molar-refractivity contribution in [2.45, 2.75) is 44.0 Å². The third-order valence-corrected chi connectivity index (χ3v) is 3.52. The second kappa shape index (κ2) is 5.83. The molecule has 1 saturated carbocycles. The van der Waals surface area contributed by atoms with Gasteiger partial charge in [0.2, 0.25) is 0 Å². The summed E-state index contributed by atoms with van der Waals surface area (Å²) in [5, 5.41) is 12.3. The lowest BCUT2D eigenvalue weighted by Gasteiger charge is -2.28. The number of alkyl halides is 3. The molecular formula is C14H16F3NO2. The van der Waals surface area contributed by atoms with Crippen molar-refractivity contribution in [1.82, 2.24) is 5.32 Å². The Morgan fingerprint density at radius 2 is 1.85 bits per heavy atom. The number of aliphatic hydroxyl groups excluding tert-OH is 1. The van der Waals surface area contributed by atoms with Crippen LogP contribution in [0.1, 0.15) is 41.6 Å². The zero-order valence-electron chi connectivity index (χ0n) is 10.8. The third-order valence-electron chi connectivity index (χ3n) is 3.52. The maximum Gasteiger partial charge on any atom is 0.417 e. The Labute approximate surface area is 114 Å². The number of benzene rings is 1. The van der Waals surface area contributed by atoms with Crippen molar-refractivity contribution in [2.75, 3.05) is 0 Å². The molecule has 0 saturated heterocycles. The third kappa shape index (κ3) is 3.30. The SMILES string of the molecule is O=C(N[C@@H]1CCCC[C@H]1O)c1ccccc1C(F)(F)F. The number of hydrogen-bond acceptors (Lipinski definition) is 2. The molecule has 1 aliphatic carbocycles. The normalized spacial score (nSPS) is 23.4. The van der Waals surface area contributed by atoms with Crippen molar-refractivity contribution in [2.24, 2.45) is 0 Å². The van der Waals surface area contributed by atoms with Crippen LogP contribution in [0.2, 0.25) is 0 Å². The van der Waals surface area contributed by atoms with Crippen LogP contribution in [0.15, 0.2) is 24.3 Å². The Balaban J connectivity index is 2.17. The molecule has 1 aromatic carbocycles. The van der Waals surface area contributed by atoms with Crippen molar-refractivity contribution >= 4 is 5.91 Å². The van der Waals surface area contributed by atoms with Crippen LogP contribution in [-0.4, -0.2) is 23.2 Å². The fourth-order valence-corrected chi connectivity index (χ4v) is 2.45. The number of carbonyl (C=O) groups is 1. The van der Waals surface area contributed by atoms with Crippen molar-refractivity contribution in [3.05, 3.63) is 35.4 Å². The van der Waals surface area contributed by atoms with Gasteiger partial charge in [0.25, 0.3) is 5.91 Å². The van der Waals surface area contributed by atoms with E-state index in [4.69, 9.17) is 0 Å². The van der Waals surface area contributed by atoms with Crippen LogP contribution in [-0.2, 0) is 6.18 Å². The minimum absolute atomic E-state index is 0.405. The summed E-state index contributed by atoms with van der Waals surface area (Å²) in [5.74, 6) is -0.788. The minimum Gasteiger partial charge on any atom is -0.391 e. The van der Waals surface area contributed by atoms with Gasteiger partial charge in [-0.15, -0.1) is 0 Å². The maximum atomic E-state index is 12.8. The van der Waals surface area contributed by atoms with Crippen molar-refractivity contribution in [1.29, 1.82) is 0 Å². The first-order valence-corrected chi connectivity index (χ1v) is 6.55. The molecule has 2 rings (SSSR count). The predicted molar refractivity (Wildman–Crippen MR) is 67.2 cm³/mol. The maximum absolute atomic E-state index is 12.8. The molecule has 0 aliphatic heterocycles. The van der Waals surface area contributed by atoms with Gasteiger partial charge in [-0.2, -0.15) is 13.2 Å². The van der Waals surface area contributed by atoms with Crippen LogP contribution in [0.5, 0.6) is 0 Å². The van der Waals surface area contributed by atoms with E-state index in [0.29, 0.717) is 12.8 Å². The van der Waals surface area contributed by atoms with E-state index >= 15 is 0 Å². The molecule has 0 radical (unpaired) electrons. The van der Waals surface area contributed by atoms with Gasteiger partial charge in [0.1, 0.15) is 0 Å². The average molecular weight is 287 g/mol. The van der Waals surface area contributed by atoms with Gasteiger partial charge < -0.3 is 10.4 Å². The molecule has 3 nitrogen and oxygen atoms in total. The van der Waals surface area contributed by atoms with Gasteiger partial charge >= 0.3 is 6.18 Å². The summed E-state index contributed by atoms with van der Waals surface area (Å²) in [6, 6.07) is 4.19. The molecule has 20 heavy (non-hydrogen) atoms. The van der Waals surface area contributed by atoms with E-state index in [2.05, 4.69) is 5.32 Å². The Kier molecular flexibility index (Phi) is 4.32. The van der Waals surface area contributed by atoms with Crippen LogP contribution in [0.4, 0.5) is 13.2 Å². The van der Waals surface area contributed by atoms with E-state index in [1.165, 1.54) is 12.1 Å². The van der Waals surface area contributed by atoms with E-state index in [9.17, 15) is 23.1 Å². The van der Waals surface area contributed by atoms with Gasteiger partial charge in [0.15, 0.2) is 0 Å². The molecule has 0 bridgehead atoms. The van der Waals surface area contributed by atoms with Gasteiger partial charge in [-0.05, 0) is 25.0 Å². The summed E-state index contributed by atoms with van der Waals surface area (Å²) < 4.78 is 38.5. The molecule has 0 spiro atoms. The van der Waals surface area contributed by atoms with Gasteiger partial charge in [0, 0.05) is 0 Å². The summed E-state index contributed by atoms with van der Waals surface area (Å²) in [5.41, 5.74) is -1.36. The van der Waals surface area contributed by atoms with E-state index in [1.54, 1.807) is 0 Å². The lowest BCUT2D eigenvalue weighted by Crippen LogP contribution is -2.45. The number of halogens is 3. The lowest BCUT2D eigenvalue weighted by atomic mass is 9.92. The van der Waals surface area contributed by atoms with E-state index in [0.717, 1.165) is 25.0 Å². The molecule has 6 heteroatoms. The molecule has 0 aromatic heterocycles. The van der Waals surface area contributed by atoms with Crippen LogP contribution in [0.25, 0.3) is 0 Å². The molecular weight excluding hydrogens is 271 g/mol. The Hall–Kier alpha value is -1.56. The fraction of sp³-hybridized carbons (Fsp3) is 0.500. The van der Waals surface area contributed by atoms with Crippen LogP contribution in [0.3, 0.4) is 0 Å². The number of rotatable bonds is 2. The minimum atomic E-state index is -4.57. The van der Waals surface area contributed by atoms with Gasteiger partial charge in [-0.3, -0.25) is 4.79 Å². The van der Waals surface area contributed by atoms with E-state index in [1.807, 2.05) is 0 Å². The Morgan fingerprint density at radius 3 is 2.50 bits per heavy atom. The molecule has 0 unspecified atom stereocenters. The first kappa shape index (κ1) is 14.8. The number of amides is 1. The molecule has 1 fully saturated rings.